The number of halogens is 1. The molecule has 0 saturated heterocycles. The fraction of sp³-hybridized carbons (Fsp3) is 0.111. The lowest BCUT2D eigenvalue weighted by Gasteiger charge is -2.03. The number of anilines is 1. The Morgan fingerprint density at radius 2 is 1.88 bits per heavy atom. The number of hydrogen-bond donors (Lipinski definition) is 1. The Morgan fingerprint density at radius 3 is 2.62 bits per heavy atom. The third kappa shape index (κ3) is 4.84. The molecular weight excluding hydrogens is 360 g/mol. The first-order valence-electron chi connectivity index (χ1n) is 7.40. The van der Waals surface area contributed by atoms with Crippen LogP contribution in [0.2, 0.25) is 5.02 Å². The van der Waals surface area contributed by atoms with E-state index in [2.05, 4.69) is 10.3 Å². The van der Waals surface area contributed by atoms with Gasteiger partial charge in [-0.1, -0.05) is 53.7 Å². The highest BCUT2D eigenvalue weighted by Gasteiger charge is 2.07. The number of nitrogens with zero attached hydrogens (tertiary/aromatic N) is 1. The van der Waals surface area contributed by atoms with Gasteiger partial charge in [-0.2, -0.15) is 0 Å². The van der Waals surface area contributed by atoms with Crippen molar-refractivity contribution in [1.82, 2.24) is 4.98 Å². The van der Waals surface area contributed by atoms with Gasteiger partial charge in [0.2, 0.25) is 5.91 Å². The molecule has 6 heteroatoms. The number of carbonyl (C=O) groups excluding carboxylic acids is 1. The van der Waals surface area contributed by atoms with Gasteiger partial charge in [-0.05, 0) is 24.3 Å². The van der Waals surface area contributed by atoms with E-state index < -0.39 is 0 Å². The maximum atomic E-state index is 11.9. The van der Waals surface area contributed by atoms with Gasteiger partial charge in [-0.25, -0.2) is 4.98 Å². The second-order valence-corrected chi connectivity index (χ2v) is 7.65. The molecule has 2 aromatic carbocycles. The Kier molecular flexibility index (Phi) is 5.91. The zero-order chi connectivity index (χ0) is 16.8. The van der Waals surface area contributed by atoms with Crippen LogP contribution >= 0.6 is 34.7 Å². The molecule has 1 amide bonds. The first kappa shape index (κ1) is 17.0. The van der Waals surface area contributed by atoms with Gasteiger partial charge in [0.1, 0.15) is 0 Å². The molecule has 0 spiro atoms. The van der Waals surface area contributed by atoms with Crippen LogP contribution in [0.3, 0.4) is 0 Å². The smallest absolute Gasteiger partial charge is 0.225 e. The third-order valence-electron chi connectivity index (χ3n) is 3.24. The summed E-state index contributed by atoms with van der Waals surface area (Å²) in [6.07, 6.45) is 0.454. The van der Waals surface area contributed by atoms with E-state index in [1.807, 2.05) is 60.0 Å². The van der Waals surface area contributed by atoms with E-state index in [1.165, 1.54) is 0 Å². The maximum absolute atomic E-state index is 11.9. The molecule has 0 saturated carbocycles. The van der Waals surface area contributed by atoms with Crippen LogP contribution in [0.1, 0.15) is 6.42 Å². The van der Waals surface area contributed by atoms with Crippen molar-refractivity contribution in [2.24, 2.45) is 0 Å². The summed E-state index contributed by atoms with van der Waals surface area (Å²) in [7, 11) is 0. The van der Waals surface area contributed by atoms with Gasteiger partial charge in [-0.15, -0.1) is 11.3 Å². The number of thiazole rings is 1. The van der Waals surface area contributed by atoms with Crippen molar-refractivity contribution in [2.45, 2.75) is 10.8 Å². The highest BCUT2D eigenvalue weighted by molar-refractivity contribution is 8.01. The van der Waals surface area contributed by atoms with Gasteiger partial charge >= 0.3 is 0 Å². The summed E-state index contributed by atoms with van der Waals surface area (Å²) in [6.45, 7) is 0. The molecule has 0 radical (unpaired) electrons. The van der Waals surface area contributed by atoms with Crippen molar-refractivity contribution >= 4 is 46.3 Å². The van der Waals surface area contributed by atoms with Crippen LogP contribution in [0.15, 0.2) is 64.3 Å². The summed E-state index contributed by atoms with van der Waals surface area (Å²) in [6, 6.07) is 17.1. The maximum Gasteiger partial charge on any atom is 0.225 e. The molecule has 0 unspecified atom stereocenters. The van der Waals surface area contributed by atoms with Crippen molar-refractivity contribution in [3.8, 4) is 11.3 Å². The average molecular weight is 375 g/mol. The molecule has 1 heterocycles. The van der Waals surface area contributed by atoms with Crippen molar-refractivity contribution in [1.29, 1.82) is 0 Å². The average Bonchev–Trinajstić information content (AvgIpc) is 3.05. The number of nitrogens with one attached hydrogen (secondary N) is 1. The Morgan fingerprint density at radius 1 is 1.12 bits per heavy atom. The van der Waals surface area contributed by atoms with Crippen molar-refractivity contribution in [3.05, 3.63) is 65.0 Å². The predicted molar refractivity (Wildman–Crippen MR) is 103 cm³/mol. The molecule has 3 aromatic rings. The molecule has 1 aromatic heterocycles. The van der Waals surface area contributed by atoms with Gasteiger partial charge in [-0.3, -0.25) is 4.79 Å². The van der Waals surface area contributed by atoms with Crippen LogP contribution < -0.4 is 5.32 Å². The number of benzene rings is 2. The summed E-state index contributed by atoms with van der Waals surface area (Å²) in [4.78, 5) is 16.5. The summed E-state index contributed by atoms with van der Waals surface area (Å²) < 4.78 is 0.965. The number of aromatic nitrogens is 1. The molecular formula is C18H15ClN2OS2. The zero-order valence-electron chi connectivity index (χ0n) is 12.7. The molecule has 1 N–H and O–H groups in total. The van der Waals surface area contributed by atoms with E-state index in [9.17, 15) is 4.79 Å². The van der Waals surface area contributed by atoms with Crippen LogP contribution in [0.25, 0.3) is 11.3 Å². The van der Waals surface area contributed by atoms with Crippen LogP contribution in [-0.4, -0.2) is 16.6 Å². The van der Waals surface area contributed by atoms with Gasteiger partial charge in [0.25, 0.3) is 0 Å². The van der Waals surface area contributed by atoms with Crippen molar-refractivity contribution in [3.63, 3.8) is 0 Å². The highest BCUT2D eigenvalue weighted by atomic mass is 35.5. The number of carbonyl (C=O) groups is 1. The van der Waals surface area contributed by atoms with E-state index in [4.69, 9.17) is 11.6 Å². The van der Waals surface area contributed by atoms with E-state index in [-0.39, 0.29) is 5.91 Å². The minimum Gasteiger partial charge on any atom is -0.326 e. The molecule has 3 rings (SSSR count). The predicted octanol–water partition coefficient (Wildman–Crippen LogP) is 5.58. The normalized spacial score (nSPS) is 10.5. The largest absolute Gasteiger partial charge is 0.326 e. The zero-order valence-corrected chi connectivity index (χ0v) is 15.1. The molecule has 0 fully saturated rings. The van der Waals surface area contributed by atoms with Gasteiger partial charge in [0.05, 0.1) is 5.69 Å². The molecule has 0 atom stereocenters. The lowest BCUT2D eigenvalue weighted by atomic mass is 10.2. The first-order valence-corrected chi connectivity index (χ1v) is 9.64. The van der Waals surface area contributed by atoms with Crippen molar-refractivity contribution in [2.75, 3.05) is 11.1 Å². The number of para-hydroxylation sites is 1. The highest BCUT2D eigenvalue weighted by Crippen LogP contribution is 2.29. The molecule has 0 aliphatic rings. The van der Waals surface area contributed by atoms with E-state index >= 15 is 0 Å². The summed E-state index contributed by atoms with van der Waals surface area (Å²) in [5, 5.41) is 5.62. The Hall–Kier alpha value is -1.82. The van der Waals surface area contributed by atoms with E-state index in [0.717, 1.165) is 21.3 Å². The fourth-order valence-electron chi connectivity index (χ4n) is 2.05. The standard InChI is InChI=1S/C18H15ClN2OS2/c19-14-8-6-13(7-9-14)16-12-24-18(21-16)23-11-10-17(22)20-15-4-2-1-3-5-15/h1-9,12H,10-11H2,(H,20,22). The van der Waals surface area contributed by atoms with Gasteiger partial charge in [0, 0.05) is 33.8 Å². The van der Waals surface area contributed by atoms with Gasteiger partial charge in [0.15, 0.2) is 4.34 Å². The number of amides is 1. The topological polar surface area (TPSA) is 42.0 Å². The second kappa shape index (κ2) is 8.33. The molecule has 0 aliphatic heterocycles. The van der Waals surface area contributed by atoms with E-state index in [1.54, 1.807) is 23.1 Å². The SMILES string of the molecule is O=C(CCSc1nc(-c2ccc(Cl)cc2)cs1)Nc1ccccc1. The minimum absolute atomic E-state index is 0.0168. The fourth-order valence-corrected chi connectivity index (χ4v) is 4.02. The van der Waals surface area contributed by atoms with Gasteiger partial charge < -0.3 is 5.32 Å². The van der Waals surface area contributed by atoms with Crippen molar-refractivity contribution < 1.29 is 4.79 Å². The number of thioether (sulfide) groups is 1. The monoisotopic (exact) mass is 374 g/mol. The van der Waals surface area contributed by atoms with Crippen LogP contribution in [0.5, 0.6) is 0 Å². The number of hydrogen-bond acceptors (Lipinski definition) is 4. The van der Waals surface area contributed by atoms with Crippen LogP contribution in [0, 0.1) is 0 Å². The lowest BCUT2D eigenvalue weighted by molar-refractivity contribution is -0.115. The summed E-state index contributed by atoms with van der Waals surface area (Å²) in [5.41, 5.74) is 2.81. The lowest BCUT2D eigenvalue weighted by Crippen LogP contribution is -2.11. The molecule has 122 valence electrons. The molecule has 3 nitrogen and oxygen atoms in total. The Labute approximate surface area is 154 Å². The number of rotatable bonds is 6. The molecule has 0 aliphatic carbocycles. The molecule has 0 bridgehead atoms. The summed E-state index contributed by atoms with van der Waals surface area (Å²) in [5.74, 6) is 0.717. The third-order valence-corrected chi connectivity index (χ3v) is 5.51. The Balaban J connectivity index is 1.49. The van der Waals surface area contributed by atoms with Crippen LogP contribution in [0.4, 0.5) is 5.69 Å². The summed E-state index contributed by atoms with van der Waals surface area (Å²) >= 11 is 9.09. The first-order chi connectivity index (χ1) is 11.7. The second-order valence-electron chi connectivity index (χ2n) is 5.02. The Bertz CT molecular complexity index is 803. The van der Waals surface area contributed by atoms with E-state index in [0.29, 0.717) is 17.2 Å². The minimum atomic E-state index is 0.0168. The molecule has 24 heavy (non-hydrogen) atoms. The quantitative estimate of drug-likeness (QED) is 0.572. The van der Waals surface area contributed by atoms with Crippen LogP contribution in [-0.2, 0) is 4.79 Å².